The number of anilines is 1. The summed E-state index contributed by atoms with van der Waals surface area (Å²) in [4.78, 5) is 15.9. The normalized spacial score (nSPS) is 23.7. The highest BCUT2D eigenvalue weighted by atomic mass is 79.9. The van der Waals surface area contributed by atoms with Gasteiger partial charge in [-0.25, -0.2) is 4.98 Å². The van der Waals surface area contributed by atoms with Crippen LogP contribution < -0.4 is 11.1 Å². The first kappa shape index (κ1) is 12.8. The molecular weight excluding hydrogens is 309 g/mol. The smallest absolute Gasteiger partial charge is 0.246 e. The number of nitrogens with zero attached hydrogens (tertiary/aromatic N) is 1. The van der Waals surface area contributed by atoms with Crippen LogP contribution in [-0.4, -0.2) is 29.6 Å². The zero-order valence-corrected chi connectivity index (χ0v) is 11.2. The topological polar surface area (TPSA) is 77.2 Å². The molecule has 3 N–H and O–H groups in total. The predicted molar refractivity (Wildman–Crippen MR) is 67.9 cm³/mol. The van der Waals surface area contributed by atoms with Crippen LogP contribution in [0.2, 0.25) is 5.15 Å². The SMILES string of the molecule is NC1(C(=O)Nc2cnc(Cl)c(Br)c2)CCOC1. The molecular formula is C10H11BrClN3O2. The van der Waals surface area contributed by atoms with Gasteiger partial charge in [-0.15, -0.1) is 0 Å². The van der Waals surface area contributed by atoms with E-state index in [9.17, 15) is 4.79 Å². The molecule has 17 heavy (non-hydrogen) atoms. The van der Waals surface area contributed by atoms with Gasteiger partial charge in [-0.3, -0.25) is 4.79 Å². The Morgan fingerprint density at radius 2 is 2.47 bits per heavy atom. The van der Waals surface area contributed by atoms with E-state index in [1.54, 1.807) is 6.07 Å². The molecule has 1 atom stereocenters. The summed E-state index contributed by atoms with van der Waals surface area (Å²) in [7, 11) is 0. The molecule has 0 spiro atoms. The van der Waals surface area contributed by atoms with Crippen molar-refractivity contribution >= 4 is 39.1 Å². The zero-order valence-electron chi connectivity index (χ0n) is 8.87. The number of hydrogen-bond acceptors (Lipinski definition) is 4. The maximum atomic E-state index is 11.9. The number of carbonyl (C=O) groups excluding carboxylic acids is 1. The summed E-state index contributed by atoms with van der Waals surface area (Å²) in [6.07, 6.45) is 1.99. The van der Waals surface area contributed by atoms with Crippen molar-refractivity contribution in [2.24, 2.45) is 5.73 Å². The molecule has 0 bridgehead atoms. The fourth-order valence-electron chi connectivity index (χ4n) is 1.50. The van der Waals surface area contributed by atoms with E-state index in [4.69, 9.17) is 22.1 Å². The lowest BCUT2D eigenvalue weighted by molar-refractivity contribution is -0.121. The summed E-state index contributed by atoms with van der Waals surface area (Å²) in [5.74, 6) is -0.272. The number of halogens is 2. The second-order valence-corrected chi connectivity index (χ2v) is 5.12. The van der Waals surface area contributed by atoms with Gasteiger partial charge in [-0.1, -0.05) is 11.6 Å². The van der Waals surface area contributed by atoms with Gasteiger partial charge < -0.3 is 15.8 Å². The summed E-state index contributed by atoms with van der Waals surface area (Å²) < 4.78 is 5.75. The second-order valence-electron chi connectivity index (χ2n) is 3.91. The van der Waals surface area contributed by atoms with E-state index in [1.807, 2.05) is 0 Å². The zero-order chi connectivity index (χ0) is 12.5. The van der Waals surface area contributed by atoms with Crippen LogP contribution in [0, 0.1) is 0 Å². The van der Waals surface area contributed by atoms with E-state index in [2.05, 4.69) is 26.2 Å². The van der Waals surface area contributed by atoms with Crippen LogP contribution in [0.15, 0.2) is 16.7 Å². The van der Waals surface area contributed by atoms with Crippen molar-refractivity contribution in [3.63, 3.8) is 0 Å². The van der Waals surface area contributed by atoms with Gasteiger partial charge in [0.1, 0.15) is 10.7 Å². The minimum absolute atomic E-state index is 0.237. The number of aromatic nitrogens is 1. The number of nitrogens with one attached hydrogen (secondary N) is 1. The molecule has 1 aliphatic heterocycles. The molecule has 0 saturated carbocycles. The first-order chi connectivity index (χ1) is 8.01. The van der Waals surface area contributed by atoms with Gasteiger partial charge >= 0.3 is 0 Å². The minimum Gasteiger partial charge on any atom is -0.379 e. The Balaban J connectivity index is 2.10. The van der Waals surface area contributed by atoms with Crippen LogP contribution in [0.3, 0.4) is 0 Å². The first-order valence-corrected chi connectivity index (χ1v) is 6.17. The van der Waals surface area contributed by atoms with Crippen LogP contribution in [0.5, 0.6) is 0 Å². The van der Waals surface area contributed by atoms with Gasteiger partial charge in [0.05, 0.1) is 23.0 Å². The van der Waals surface area contributed by atoms with Crippen LogP contribution in [0.1, 0.15) is 6.42 Å². The molecule has 0 radical (unpaired) electrons. The number of nitrogens with two attached hydrogens (primary N) is 1. The number of ether oxygens (including phenoxy) is 1. The lowest BCUT2D eigenvalue weighted by atomic mass is 9.99. The molecule has 1 aromatic heterocycles. The van der Waals surface area contributed by atoms with Crippen molar-refractivity contribution in [3.05, 3.63) is 21.9 Å². The van der Waals surface area contributed by atoms with Crippen molar-refractivity contribution in [1.29, 1.82) is 0 Å². The van der Waals surface area contributed by atoms with Gasteiger partial charge in [-0.05, 0) is 28.4 Å². The lowest BCUT2D eigenvalue weighted by Gasteiger charge is -2.20. The molecule has 1 aromatic rings. The third-order valence-corrected chi connectivity index (χ3v) is 3.69. The second kappa shape index (κ2) is 4.89. The highest BCUT2D eigenvalue weighted by Crippen LogP contribution is 2.24. The first-order valence-electron chi connectivity index (χ1n) is 5.00. The molecule has 1 fully saturated rings. The van der Waals surface area contributed by atoms with Crippen molar-refractivity contribution in [2.45, 2.75) is 12.0 Å². The molecule has 2 rings (SSSR count). The molecule has 7 heteroatoms. The summed E-state index contributed by atoms with van der Waals surface area (Å²) >= 11 is 8.99. The van der Waals surface area contributed by atoms with E-state index in [0.717, 1.165) is 0 Å². The fourth-order valence-corrected chi connectivity index (χ4v) is 1.96. The van der Waals surface area contributed by atoms with Crippen LogP contribution in [0.4, 0.5) is 5.69 Å². The van der Waals surface area contributed by atoms with Crippen molar-refractivity contribution < 1.29 is 9.53 Å². The Bertz CT molecular complexity index is 449. The third kappa shape index (κ3) is 2.77. The number of pyridine rings is 1. The Morgan fingerprint density at radius 1 is 1.71 bits per heavy atom. The minimum atomic E-state index is -0.952. The van der Waals surface area contributed by atoms with Crippen molar-refractivity contribution in [2.75, 3.05) is 18.5 Å². The van der Waals surface area contributed by atoms with Gasteiger partial charge in [0, 0.05) is 6.61 Å². The van der Waals surface area contributed by atoms with Crippen molar-refractivity contribution in [1.82, 2.24) is 4.98 Å². The number of carbonyl (C=O) groups is 1. The standard InChI is InChI=1S/C10H11BrClN3O2/c11-7-3-6(4-14-8(7)12)15-9(16)10(13)1-2-17-5-10/h3-4H,1-2,5,13H2,(H,15,16). The number of amides is 1. The largest absolute Gasteiger partial charge is 0.379 e. The molecule has 0 aliphatic carbocycles. The lowest BCUT2D eigenvalue weighted by Crippen LogP contribution is -2.51. The summed E-state index contributed by atoms with van der Waals surface area (Å²) in [5.41, 5.74) is 5.52. The molecule has 0 aromatic carbocycles. The average molecular weight is 321 g/mol. The van der Waals surface area contributed by atoms with E-state index in [0.29, 0.717) is 28.3 Å². The predicted octanol–water partition coefficient (Wildman–Crippen LogP) is 1.55. The van der Waals surface area contributed by atoms with E-state index in [-0.39, 0.29) is 12.5 Å². The average Bonchev–Trinajstić information content (AvgIpc) is 2.72. The Labute approximate surface area is 112 Å². The summed E-state index contributed by atoms with van der Waals surface area (Å²) in [6, 6.07) is 1.67. The maximum Gasteiger partial charge on any atom is 0.246 e. The fraction of sp³-hybridized carbons (Fsp3) is 0.400. The van der Waals surface area contributed by atoms with E-state index in [1.165, 1.54) is 6.20 Å². The van der Waals surface area contributed by atoms with Crippen LogP contribution in [-0.2, 0) is 9.53 Å². The molecule has 2 heterocycles. The number of hydrogen-bond donors (Lipinski definition) is 2. The Kier molecular flexibility index (Phi) is 3.67. The number of rotatable bonds is 2. The third-order valence-electron chi connectivity index (χ3n) is 2.56. The Morgan fingerprint density at radius 3 is 3.06 bits per heavy atom. The molecule has 1 aliphatic rings. The van der Waals surface area contributed by atoms with E-state index < -0.39 is 5.54 Å². The van der Waals surface area contributed by atoms with Gasteiger partial charge in [0.2, 0.25) is 5.91 Å². The van der Waals surface area contributed by atoms with Gasteiger partial charge in [0.15, 0.2) is 0 Å². The molecule has 1 amide bonds. The van der Waals surface area contributed by atoms with Crippen LogP contribution in [0.25, 0.3) is 0 Å². The molecule has 5 nitrogen and oxygen atoms in total. The highest BCUT2D eigenvalue weighted by molar-refractivity contribution is 9.10. The summed E-state index contributed by atoms with van der Waals surface area (Å²) in [5, 5.41) is 3.04. The maximum absolute atomic E-state index is 11.9. The highest BCUT2D eigenvalue weighted by Gasteiger charge is 2.38. The van der Waals surface area contributed by atoms with Crippen LogP contribution >= 0.6 is 27.5 Å². The Hall–Kier alpha value is -0.690. The van der Waals surface area contributed by atoms with Crippen molar-refractivity contribution in [3.8, 4) is 0 Å². The quantitative estimate of drug-likeness (QED) is 0.811. The summed E-state index contributed by atoms with van der Waals surface area (Å²) in [6.45, 7) is 0.744. The van der Waals surface area contributed by atoms with Gasteiger partial charge in [0.25, 0.3) is 0 Å². The molecule has 1 unspecified atom stereocenters. The monoisotopic (exact) mass is 319 g/mol. The molecule has 92 valence electrons. The van der Waals surface area contributed by atoms with E-state index >= 15 is 0 Å². The van der Waals surface area contributed by atoms with Gasteiger partial charge in [-0.2, -0.15) is 0 Å². The molecule has 1 saturated heterocycles.